The molecule has 0 spiro atoms. The molecular formula is C40H58BN7O4. The van der Waals surface area contributed by atoms with Crippen LogP contribution in [0.4, 0.5) is 5.69 Å². The monoisotopic (exact) mass is 711 g/mol. The van der Waals surface area contributed by atoms with E-state index in [2.05, 4.69) is 49.2 Å². The molecule has 0 aliphatic carbocycles. The maximum Gasteiger partial charge on any atom is 0.475 e. The summed E-state index contributed by atoms with van der Waals surface area (Å²) in [6.45, 7) is 15.4. The van der Waals surface area contributed by atoms with Gasteiger partial charge in [-0.1, -0.05) is 78.3 Å². The summed E-state index contributed by atoms with van der Waals surface area (Å²) in [6, 6.07) is 24.6. The lowest BCUT2D eigenvalue weighted by atomic mass is 9.75. The van der Waals surface area contributed by atoms with E-state index in [0.717, 1.165) is 22.6 Å². The first-order valence-corrected chi connectivity index (χ1v) is 18.3. The fraction of sp³-hybridized carbons (Fsp3) is 0.425. The summed E-state index contributed by atoms with van der Waals surface area (Å²) in [4.78, 5) is 43.6. The average Bonchev–Trinajstić information content (AvgIpc) is 3.13. The van der Waals surface area contributed by atoms with Gasteiger partial charge in [-0.05, 0) is 66.4 Å². The third kappa shape index (κ3) is 18.1. The summed E-state index contributed by atoms with van der Waals surface area (Å²) in [5.41, 5.74) is 4.15. The van der Waals surface area contributed by atoms with Crippen molar-refractivity contribution in [1.82, 2.24) is 30.1 Å². The number of anilines is 1. The first-order chi connectivity index (χ1) is 25.1. The zero-order valence-electron chi connectivity index (χ0n) is 31.8. The highest BCUT2D eigenvalue weighted by Gasteiger charge is 2.26. The van der Waals surface area contributed by atoms with Crippen molar-refractivity contribution in [3.05, 3.63) is 120 Å². The molecular weight excluding hydrogens is 653 g/mol. The summed E-state index contributed by atoms with van der Waals surface area (Å²) in [5, 5.41) is 24.9. The van der Waals surface area contributed by atoms with Crippen molar-refractivity contribution in [3.8, 4) is 0 Å². The molecule has 1 atom stereocenters. The van der Waals surface area contributed by atoms with E-state index in [0.29, 0.717) is 44.8 Å². The van der Waals surface area contributed by atoms with E-state index in [1.54, 1.807) is 42.9 Å². The van der Waals surface area contributed by atoms with E-state index < -0.39 is 13.1 Å². The third-order valence-electron chi connectivity index (χ3n) is 7.47. The van der Waals surface area contributed by atoms with Crippen molar-refractivity contribution in [2.24, 2.45) is 5.92 Å². The number of nitrogens with zero attached hydrogens (tertiary/aromatic N) is 5. The van der Waals surface area contributed by atoms with Gasteiger partial charge >= 0.3 is 7.12 Å². The molecule has 1 unspecified atom stereocenters. The molecule has 0 saturated heterocycles. The highest BCUT2D eigenvalue weighted by atomic mass is 16.4. The maximum atomic E-state index is 13.3. The van der Waals surface area contributed by atoms with Crippen LogP contribution in [0.1, 0.15) is 77.0 Å². The average molecular weight is 712 g/mol. The van der Waals surface area contributed by atoms with Crippen LogP contribution >= 0.6 is 0 Å². The number of benzene rings is 1. The first-order valence-electron chi connectivity index (χ1n) is 18.3. The SMILES string of the molecule is CC.CC(C)CC(NC(=O)Cc1ccc(NC(=O)CN(CCN(Cc2ccccn2)Cc2ccccn2)Cc2ccccn2)cc1)B(O)O.CCC. The largest absolute Gasteiger partial charge is 0.475 e. The number of carbonyl (C=O) groups excluding carboxylic acids is 2. The molecule has 0 fully saturated rings. The van der Waals surface area contributed by atoms with E-state index >= 15 is 0 Å². The lowest BCUT2D eigenvalue weighted by Crippen LogP contribution is -2.47. The number of pyridine rings is 3. The van der Waals surface area contributed by atoms with Gasteiger partial charge in [-0.15, -0.1) is 0 Å². The second-order valence-corrected chi connectivity index (χ2v) is 12.7. The molecule has 4 rings (SSSR count). The molecule has 0 radical (unpaired) electrons. The van der Waals surface area contributed by atoms with Crippen molar-refractivity contribution in [1.29, 1.82) is 0 Å². The van der Waals surface area contributed by atoms with Crippen LogP contribution in [0, 0.1) is 5.92 Å². The number of nitrogens with one attached hydrogen (secondary N) is 2. The lowest BCUT2D eigenvalue weighted by Gasteiger charge is -2.27. The number of amides is 2. The topological polar surface area (TPSA) is 144 Å². The lowest BCUT2D eigenvalue weighted by molar-refractivity contribution is -0.121. The van der Waals surface area contributed by atoms with Crippen LogP contribution in [0.25, 0.3) is 0 Å². The number of carbonyl (C=O) groups is 2. The molecule has 0 aliphatic heterocycles. The molecule has 1 aromatic carbocycles. The van der Waals surface area contributed by atoms with E-state index in [9.17, 15) is 19.6 Å². The Morgan fingerprint density at radius 1 is 0.712 bits per heavy atom. The summed E-state index contributed by atoms with van der Waals surface area (Å²) in [7, 11) is -1.62. The summed E-state index contributed by atoms with van der Waals surface area (Å²) in [6.07, 6.45) is 7.12. The molecule has 0 saturated carbocycles. The minimum atomic E-state index is -1.62. The van der Waals surface area contributed by atoms with Crippen LogP contribution < -0.4 is 10.6 Å². The molecule has 4 aromatic rings. The smallest absolute Gasteiger partial charge is 0.426 e. The molecule has 52 heavy (non-hydrogen) atoms. The Kier molecular flexibility index (Phi) is 21.4. The molecule has 0 aliphatic rings. The summed E-state index contributed by atoms with van der Waals surface area (Å²) >= 11 is 0. The van der Waals surface area contributed by atoms with Crippen molar-refractivity contribution in [3.63, 3.8) is 0 Å². The zero-order valence-corrected chi connectivity index (χ0v) is 31.8. The molecule has 280 valence electrons. The van der Waals surface area contributed by atoms with Gasteiger partial charge < -0.3 is 20.7 Å². The van der Waals surface area contributed by atoms with Gasteiger partial charge in [0.2, 0.25) is 11.8 Å². The number of rotatable bonds is 18. The normalized spacial score (nSPS) is 11.2. The van der Waals surface area contributed by atoms with E-state index in [-0.39, 0.29) is 30.7 Å². The van der Waals surface area contributed by atoms with Crippen LogP contribution in [0.2, 0.25) is 0 Å². The molecule has 4 N–H and O–H groups in total. The van der Waals surface area contributed by atoms with Gasteiger partial charge in [0.15, 0.2) is 0 Å². The van der Waals surface area contributed by atoms with Crippen molar-refractivity contribution >= 4 is 24.6 Å². The Hall–Kier alpha value is -4.49. The van der Waals surface area contributed by atoms with Crippen LogP contribution in [-0.4, -0.2) is 79.3 Å². The van der Waals surface area contributed by atoms with Crippen LogP contribution in [-0.2, 0) is 35.6 Å². The minimum Gasteiger partial charge on any atom is -0.426 e. The summed E-state index contributed by atoms with van der Waals surface area (Å²) < 4.78 is 0. The fourth-order valence-electron chi connectivity index (χ4n) is 5.19. The van der Waals surface area contributed by atoms with E-state index in [1.807, 2.05) is 82.3 Å². The molecule has 12 heteroatoms. The Morgan fingerprint density at radius 2 is 1.17 bits per heavy atom. The first kappa shape index (κ1) is 43.7. The number of aromatic nitrogens is 3. The Labute approximate surface area is 311 Å². The highest BCUT2D eigenvalue weighted by Crippen LogP contribution is 2.13. The van der Waals surface area contributed by atoms with Gasteiger partial charge in [-0.3, -0.25) is 34.3 Å². The van der Waals surface area contributed by atoms with Crippen molar-refractivity contribution < 1.29 is 19.6 Å². The molecule has 0 bridgehead atoms. The van der Waals surface area contributed by atoms with Gasteiger partial charge in [0.1, 0.15) is 0 Å². The quantitative estimate of drug-likeness (QED) is 0.0979. The van der Waals surface area contributed by atoms with Gasteiger partial charge in [0, 0.05) is 57.0 Å². The van der Waals surface area contributed by atoms with Crippen molar-refractivity contribution in [2.45, 2.75) is 86.4 Å². The third-order valence-corrected chi connectivity index (χ3v) is 7.47. The molecule has 3 aromatic heterocycles. The Bertz CT molecular complexity index is 1470. The zero-order chi connectivity index (χ0) is 38.1. The Morgan fingerprint density at radius 3 is 1.60 bits per heavy atom. The standard InChI is InChI=1S/C35H44BN7O4.C3H8.C2H6/c1-27(2)21-33(36(46)47)41-34(44)22-28-12-14-29(15-13-28)40-35(45)26-43(25-32-11-5-8-18-39-32)20-19-42(23-30-9-3-6-16-37-30)24-31-10-4-7-17-38-31;1-3-2;1-2/h3-18,27,33,46-47H,19-26H2,1-2H3,(H,40,45)(H,41,44);3H2,1-2H3;1-2H3. The van der Waals surface area contributed by atoms with E-state index in [4.69, 9.17) is 0 Å². The maximum absolute atomic E-state index is 13.3. The minimum absolute atomic E-state index is 0.0842. The second-order valence-electron chi connectivity index (χ2n) is 12.7. The summed E-state index contributed by atoms with van der Waals surface area (Å²) in [5.74, 6) is -0.999. The van der Waals surface area contributed by atoms with Gasteiger partial charge in [0.05, 0.1) is 36.0 Å². The predicted octanol–water partition coefficient (Wildman–Crippen LogP) is 5.54. The molecule has 2 amide bonds. The van der Waals surface area contributed by atoms with Gasteiger partial charge in [-0.2, -0.15) is 0 Å². The Balaban J connectivity index is 0.00000178. The molecule has 3 heterocycles. The van der Waals surface area contributed by atoms with Gasteiger partial charge in [-0.25, -0.2) is 0 Å². The fourth-order valence-corrected chi connectivity index (χ4v) is 5.19. The second kappa shape index (κ2) is 25.5. The van der Waals surface area contributed by atoms with Gasteiger partial charge in [0.25, 0.3) is 0 Å². The van der Waals surface area contributed by atoms with Crippen LogP contribution in [0.15, 0.2) is 97.5 Å². The van der Waals surface area contributed by atoms with E-state index in [1.165, 1.54) is 6.42 Å². The molecule has 11 nitrogen and oxygen atoms in total. The van der Waals surface area contributed by atoms with Crippen molar-refractivity contribution in [2.75, 3.05) is 25.0 Å². The number of hydrogen-bond donors (Lipinski definition) is 4. The van der Waals surface area contributed by atoms with Crippen LogP contribution in [0.3, 0.4) is 0 Å². The predicted molar refractivity (Wildman–Crippen MR) is 210 cm³/mol. The number of hydrogen-bond acceptors (Lipinski definition) is 9. The highest BCUT2D eigenvalue weighted by molar-refractivity contribution is 6.43. The van der Waals surface area contributed by atoms with Crippen LogP contribution in [0.5, 0.6) is 0 Å².